The molecule has 0 aliphatic rings. The SMILES string of the molecule is CC(C)(CCO)CNc1cc2nc[nH]c(=O)c2cc1N. The summed E-state index contributed by atoms with van der Waals surface area (Å²) in [5.74, 6) is 0. The average molecular weight is 276 g/mol. The van der Waals surface area contributed by atoms with Gasteiger partial charge in [-0.05, 0) is 24.0 Å². The Balaban J connectivity index is 2.27. The standard InChI is InChI=1S/C14H20N4O2/c1-14(2,3-4-19)7-16-12-6-11-9(5-10(12)15)13(20)18-8-17-11/h5-6,8,16,19H,3-4,7,15H2,1-2H3,(H,17,18,20). The van der Waals surface area contributed by atoms with Gasteiger partial charge in [-0.3, -0.25) is 4.79 Å². The number of hydrogen-bond acceptors (Lipinski definition) is 5. The number of nitrogens with two attached hydrogens (primary N) is 1. The Morgan fingerprint density at radius 2 is 2.20 bits per heavy atom. The van der Waals surface area contributed by atoms with Gasteiger partial charge in [-0.1, -0.05) is 13.8 Å². The minimum absolute atomic E-state index is 0.0439. The van der Waals surface area contributed by atoms with E-state index in [-0.39, 0.29) is 17.6 Å². The van der Waals surface area contributed by atoms with Gasteiger partial charge in [0, 0.05) is 13.2 Å². The highest BCUT2D eigenvalue weighted by atomic mass is 16.3. The smallest absolute Gasteiger partial charge is 0.258 e. The first-order valence-electron chi connectivity index (χ1n) is 6.54. The second-order valence-electron chi connectivity index (χ2n) is 5.68. The van der Waals surface area contributed by atoms with Crippen LogP contribution in [0.2, 0.25) is 0 Å². The monoisotopic (exact) mass is 276 g/mol. The molecular weight excluding hydrogens is 256 g/mol. The van der Waals surface area contributed by atoms with Crippen LogP contribution in [0.5, 0.6) is 0 Å². The van der Waals surface area contributed by atoms with Crippen molar-refractivity contribution in [1.29, 1.82) is 0 Å². The average Bonchev–Trinajstić information content (AvgIpc) is 2.38. The van der Waals surface area contributed by atoms with Gasteiger partial charge in [0.1, 0.15) is 0 Å². The van der Waals surface area contributed by atoms with Crippen LogP contribution in [0.1, 0.15) is 20.3 Å². The van der Waals surface area contributed by atoms with Gasteiger partial charge in [-0.25, -0.2) is 4.98 Å². The molecule has 108 valence electrons. The number of aliphatic hydroxyl groups is 1. The van der Waals surface area contributed by atoms with Gasteiger partial charge in [0.2, 0.25) is 0 Å². The maximum atomic E-state index is 11.6. The van der Waals surface area contributed by atoms with Crippen LogP contribution in [0, 0.1) is 5.41 Å². The molecule has 1 heterocycles. The van der Waals surface area contributed by atoms with E-state index in [1.54, 1.807) is 12.1 Å². The molecule has 0 fully saturated rings. The van der Waals surface area contributed by atoms with Gasteiger partial charge in [0.25, 0.3) is 5.56 Å². The second-order valence-corrected chi connectivity index (χ2v) is 5.68. The van der Waals surface area contributed by atoms with Crippen LogP contribution in [-0.2, 0) is 0 Å². The molecule has 0 spiro atoms. The predicted molar refractivity (Wildman–Crippen MR) is 80.7 cm³/mol. The van der Waals surface area contributed by atoms with Crippen LogP contribution in [0.25, 0.3) is 10.9 Å². The lowest BCUT2D eigenvalue weighted by Crippen LogP contribution is -2.24. The summed E-state index contributed by atoms with van der Waals surface area (Å²) in [5.41, 5.74) is 7.59. The van der Waals surface area contributed by atoms with Crippen LogP contribution in [0.15, 0.2) is 23.3 Å². The number of aromatic amines is 1. The molecule has 6 heteroatoms. The third-order valence-corrected chi connectivity index (χ3v) is 3.36. The number of nitrogens with zero attached hydrogens (tertiary/aromatic N) is 1. The summed E-state index contributed by atoms with van der Waals surface area (Å²) in [6, 6.07) is 3.40. The Hall–Kier alpha value is -2.08. The lowest BCUT2D eigenvalue weighted by atomic mass is 9.89. The molecule has 1 aromatic heterocycles. The van der Waals surface area contributed by atoms with Crippen LogP contribution >= 0.6 is 0 Å². The predicted octanol–water partition coefficient (Wildman–Crippen LogP) is 1.33. The van der Waals surface area contributed by atoms with E-state index >= 15 is 0 Å². The molecule has 5 N–H and O–H groups in total. The Labute approximate surface area is 117 Å². The Morgan fingerprint density at radius 1 is 1.45 bits per heavy atom. The number of fused-ring (bicyclic) bond motifs is 1. The number of nitrogen functional groups attached to an aromatic ring is 1. The zero-order valence-electron chi connectivity index (χ0n) is 11.7. The number of aliphatic hydroxyl groups excluding tert-OH is 1. The van der Waals surface area contributed by atoms with Crippen LogP contribution in [0.4, 0.5) is 11.4 Å². The van der Waals surface area contributed by atoms with E-state index in [0.717, 1.165) is 5.69 Å². The maximum absolute atomic E-state index is 11.6. The first-order valence-corrected chi connectivity index (χ1v) is 6.54. The van der Waals surface area contributed by atoms with Gasteiger partial charge in [0.05, 0.1) is 28.6 Å². The van der Waals surface area contributed by atoms with Gasteiger partial charge < -0.3 is 21.1 Å². The van der Waals surface area contributed by atoms with E-state index in [1.807, 2.05) is 0 Å². The fraction of sp³-hybridized carbons (Fsp3) is 0.429. The van der Waals surface area contributed by atoms with E-state index < -0.39 is 0 Å². The summed E-state index contributed by atoms with van der Waals surface area (Å²) in [6.07, 6.45) is 2.08. The molecule has 0 aliphatic heterocycles. The van der Waals surface area contributed by atoms with E-state index in [1.165, 1.54) is 6.33 Å². The quantitative estimate of drug-likeness (QED) is 0.617. The summed E-state index contributed by atoms with van der Waals surface area (Å²) < 4.78 is 0. The lowest BCUT2D eigenvalue weighted by Gasteiger charge is -2.25. The molecule has 0 aliphatic carbocycles. The highest BCUT2D eigenvalue weighted by Gasteiger charge is 2.17. The largest absolute Gasteiger partial charge is 0.397 e. The van der Waals surface area contributed by atoms with Gasteiger partial charge in [-0.2, -0.15) is 0 Å². The highest BCUT2D eigenvalue weighted by Crippen LogP contribution is 2.26. The van der Waals surface area contributed by atoms with E-state index in [9.17, 15) is 4.79 Å². The van der Waals surface area contributed by atoms with Crippen LogP contribution < -0.4 is 16.6 Å². The van der Waals surface area contributed by atoms with Crippen molar-refractivity contribution in [2.24, 2.45) is 5.41 Å². The van der Waals surface area contributed by atoms with Crippen molar-refractivity contribution < 1.29 is 5.11 Å². The lowest BCUT2D eigenvalue weighted by molar-refractivity contribution is 0.220. The number of rotatable bonds is 5. The number of aromatic nitrogens is 2. The van der Waals surface area contributed by atoms with Crippen molar-refractivity contribution in [3.05, 3.63) is 28.8 Å². The first-order chi connectivity index (χ1) is 9.43. The summed E-state index contributed by atoms with van der Waals surface area (Å²) in [5, 5.41) is 12.8. The molecule has 0 radical (unpaired) electrons. The van der Waals surface area contributed by atoms with Gasteiger partial charge >= 0.3 is 0 Å². The fourth-order valence-electron chi connectivity index (χ4n) is 2.01. The molecular formula is C14H20N4O2. The van der Waals surface area contributed by atoms with Crippen molar-refractivity contribution in [2.45, 2.75) is 20.3 Å². The van der Waals surface area contributed by atoms with Gasteiger partial charge in [-0.15, -0.1) is 0 Å². The van der Waals surface area contributed by atoms with E-state index in [2.05, 4.69) is 29.1 Å². The molecule has 2 rings (SSSR count). The Kier molecular flexibility index (Phi) is 3.94. The highest BCUT2D eigenvalue weighted by molar-refractivity contribution is 5.88. The Morgan fingerprint density at radius 3 is 2.90 bits per heavy atom. The van der Waals surface area contributed by atoms with Crippen molar-refractivity contribution in [3.8, 4) is 0 Å². The minimum atomic E-state index is -0.200. The molecule has 0 atom stereocenters. The second kappa shape index (κ2) is 5.50. The number of nitrogens with one attached hydrogen (secondary N) is 2. The molecule has 20 heavy (non-hydrogen) atoms. The molecule has 0 amide bonds. The zero-order valence-corrected chi connectivity index (χ0v) is 11.7. The number of H-pyrrole nitrogens is 1. The number of hydrogen-bond donors (Lipinski definition) is 4. The molecule has 0 unspecified atom stereocenters. The van der Waals surface area contributed by atoms with Crippen molar-refractivity contribution in [1.82, 2.24) is 9.97 Å². The van der Waals surface area contributed by atoms with Crippen LogP contribution in [0.3, 0.4) is 0 Å². The summed E-state index contributed by atoms with van der Waals surface area (Å²) in [4.78, 5) is 18.3. The molecule has 0 saturated heterocycles. The minimum Gasteiger partial charge on any atom is -0.397 e. The third kappa shape index (κ3) is 3.08. The number of benzene rings is 1. The molecule has 2 aromatic rings. The van der Waals surface area contributed by atoms with E-state index in [4.69, 9.17) is 10.8 Å². The summed E-state index contributed by atoms with van der Waals surface area (Å²) in [6.45, 7) is 4.96. The van der Waals surface area contributed by atoms with E-state index in [0.29, 0.717) is 29.6 Å². The summed E-state index contributed by atoms with van der Waals surface area (Å²) >= 11 is 0. The molecule has 6 nitrogen and oxygen atoms in total. The van der Waals surface area contributed by atoms with Crippen molar-refractivity contribution >= 4 is 22.3 Å². The molecule has 0 bridgehead atoms. The van der Waals surface area contributed by atoms with Crippen LogP contribution in [-0.4, -0.2) is 28.2 Å². The fourth-order valence-corrected chi connectivity index (χ4v) is 2.01. The normalized spacial score (nSPS) is 11.8. The van der Waals surface area contributed by atoms with Crippen molar-refractivity contribution in [3.63, 3.8) is 0 Å². The molecule has 1 aromatic carbocycles. The Bertz CT molecular complexity index is 664. The first kappa shape index (κ1) is 14.3. The zero-order chi connectivity index (χ0) is 14.8. The number of anilines is 2. The molecule has 0 saturated carbocycles. The van der Waals surface area contributed by atoms with Crippen molar-refractivity contribution in [2.75, 3.05) is 24.2 Å². The summed E-state index contributed by atoms with van der Waals surface area (Å²) in [7, 11) is 0. The van der Waals surface area contributed by atoms with Gasteiger partial charge in [0.15, 0.2) is 0 Å². The third-order valence-electron chi connectivity index (χ3n) is 3.36. The topological polar surface area (TPSA) is 104 Å². The maximum Gasteiger partial charge on any atom is 0.258 e.